The molecule has 8 atom stereocenters. The van der Waals surface area contributed by atoms with Crippen LogP contribution in [-0.2, 0) is 23.8 Å². The van der Waals surface area contributed by atoms with Gasteiger partial charge in [-0.15, -0.1) is 0 Å². The summed E-state index contributed by atoms with van der Waals surface area (Å²) in [6.07, 6.45) is 67.7. The summed E-state index contributed by atoms with van der Waals surface area (Å²) in [6.45, 7) is 5.44. The van der Waals surface area contributed by atoms with Crippen molar-refractivity contribution >= 4 is 11.9 Å². The van der Waals surface area contributed by atoms with Crippen molar-refractivity contribution in [3.05, 3.63) is 146 Å². The average Bonchev–Trinajstić information content (AvgIpc) is 3.47. The molecule has 1 amide bonds. The second kappa shape index (κ2) is 54.1. The van der Waals surface area contributed by atoms with Gasteiger partial charge in [-0.1, -0.05) is 256 Å². The standard InChI is InChI=1S/C68H109NO10/c1-4-7-10-13-16-19-22-24-25-26-27-28-29-30-31-32-33-34-35-36-37-38-41-44-47-50-53-56-63(73)79-66-65(75)64(74)62(57-70)78-68(66)77-58-59(60(71)54-51-48-45-42-39-21-18-15-12-9-6-3)69-67(76)61(72)55-52-49-46-43-40-23-20-17-14-11-8-5-2/h7-8,10-11,14,16-17,19-20,23-25,27-28,30-31,33-34,40,43,46,49,51,54,59-62,64-66,68,70-72,74-75H,4-6,9,12-13,15,18,21-22,26,29,32,35-39,41-42,44-45,47-48,50,52-53,55-58H2,1-3H3,(H,69,76)/b10-7-,11-8+,17-14+,19-16-,23-20-,25-24-,28-27-,31-30-,34-33-,43-40-,49-46+,54-51+. The van der Waals surface area contributed by atoms with Crippen LogP contribution >= 0.6 is 0 Å². The number of hydrogen-bond acceptors (Lipinski definition) is 10. The summed E-state index contributed by atoms with van der Waals surface area (Å²) < 4.78 is 17.5. The summed E-state index contributed by atoms with van der Waals surface area (Å²) in [5, 5.41) is 56.7. The Morgan fingerprint density at radius 2 is 0.975 bits per heavy atom. The normalized spacial score (nSPS) is 19.9. The second-order valence-electron chi connectivity index (χ2n) is 20.4. The first-order chi connectivity index (χ1) is 38.7. The molecular weight excluding hydrogens is 991 g/mol. The fourth-order valence-corrected chi connectivity index (χ4v) is 8.56. The first-order valence-corrected chi connectivity index (χ1v) is 30.7. The number of amides is 1. The molecule has 0 spiro atoms. The molecule has 1 rings (SSSR count). The van der Waals surface area contributed by atoms with Gasteiger partial charge in [0.15, 0.2) is 12.4 Å². The number of allylic oxidation sites excluding steroid dienone is 23. The molecule has 0 aliphatic carbocycles. The van der Waals surface area contributed by atoms with Crippen LogP contribution in [0.25, 0.3) is 0 Å². The van der Waals surface area contributed by atoms with E-state index in [1.54, 1.807) is 6.08 Å². The number of aliphatic hydroxyl groups excluding tert-OH is 5. The van der Waals surface area contributed by atoms with Gasteiger partial charge in [0.2, 0.25) is 5.91 Å². The molecule has 1 aliphatic heterocycles. The third-order valence-electron chi connectivity index (χ3n) is 13.4. The molecule has 11 nitrogen and oxygen atoms in total. The van der Waals surface area contributed by atoms with Gasteiger partial charge >= 0.3 is 5.97 Å². The Hall–Kier alpha value is -4.46. The van der Waals surface area contributed by atoms with Crippen LogP contribution in [0.15, 0.2) is 146 Å². The van der Waals surface area contributed by atoms with E-state index in [0.29, 0.717) is 12.8 Å². The third kappa shape index (κ3) is 42.1. The molecule has 1 fully saturated rings. The van der Waals surface area contributed by atoms with Crippen molar-refractivity contribution in [3.8, 4) is 0 Å². The van der Waals surface area contributed by atoms with Crippen molar-refractivity contribution in [2.24, 2.45) is 0 Å². The monoisotopic (exact) mass is 1100 g/mol. The van der Waals surface area contributed by atoms with Crippen molar-refractivity contribution in [2.75, 3.05) is 13.2 Å². The lowest BCUT2D eigenvalue weighted by Gasteiger charge is -2.41. The van der Waals surface area contributed by atoms with Gasteiger partial charge < -0.3 is 45.1 Å². The molecule has 446 valence electrons. The maximum atomic E-state index is 13.3. The fourth-order valence-electron chi connectivity index (χ4n) is 8.56. The van der Waals surface area contributed by atoms with Crippen LogP contribution in [0, 0.1) is 0 Å². The topological polar surface area (TPSA) is 175 Å². The Morgan fingerprint density at radius 1 is 0.519 bits per heavy atom. The number of carbonyl (C=O) groups is 2. The van der Waals surface area contributed by atoms with E-state index in [2.05, 4.69) is 105 Å². The van der Waals surface area contributed by atoms with Gasteiger partial charge in [-0.25, -0.2) is 0 Å². The zero-order chi connectivity index (χ0) is 57.5. The van der Waals surface area contributed by atoms with Crippen molar-refractivity contribution in [2.45, 2.75) is 256 Å². The summed E-state index contributed by atoms with van der Waals surface area (Å²) in [5.41, 5.74) is 0. The largest absolute Gasteiger partial charge is 0.454 e. The Morgan fingerprint density at radius 3 is 1.49 bits per heavy atom. The lowest BCUT2D eigenvalue weighted by molar-refractivity contribution is -0.305. The van der Waals surface area contributed by atoms with E-state index >= 15 is 0 Å². The van der Waals surface area contributed by atoms with Gasteiger partial charge in [-0.05, 0) is 89.9 Å². The lowest BCUT2D eigenvalue weighted by Crippen LogP contribution is -2.61. The highest BCUT2D eigenvalue weighted by Crippen LogP contribution is 2.26. The van der Waals surface area contributed by atoms with Crippen LogP contribution in [0.2, 0.25) is 0 Å². The number of hydrogen-bond donors (Lipinski definition) is 6. The highest BCUT2D eigenvalue weighted by Gasteiger charge is 2.47. The van der Waals surface area contributed by atoms with E-state index in [1.165, 1.54) is 57.8 Å². The number of ether oxygens (including phenoxy) is 3. The van der Waals surface area contributed by atoms with E-state index in [1.807, 2.05) is 60.8 Å². The quantitative estimate of drug-likeness (QED) is 0.0149. The number of unbranched alkanes of at least 4 members (excludes halogenated alkanes) is 17. The molecule has 0 radical (unpaired) electrons. The number of rotatable bonds is 49. The maximum Gasteiger partial charge on any atom is 0.306 e. The molecule has 6 N–H and O–H groups in total. The molecular formula is C68H109NO10. The highest BCUT2D eigenvalue weighted by atomic mass is 16.7. The summed E-state index contributed by atoms with van der Waals surface area (Å²) in [4.78, 5) is 26.5. The fraction of sp³-hybridized carbons (Fsp3) is 0.618. The van der Waals surface area contributed by atoms with E-state index in [4.69, 9.17) is 14.2 Å². The van der Waals surface area contributed by atoms with Gasteiger partial charge in [0.25, 0.3) is 0 Å². The molecule has 0 aromatic heterocycles. The highest BCUT2D eigenvalue weighted by molar-refractivity contribution is 5.80. The van der Waals surface area contributed by atoms with Gasteiger partial charge in [0.05, 0.1) is 25.4 Å². The molecule has 0 aromatic carbocycles. The molecule has 1 aliphatic rings. The van der Waals surface area contributed by atoms with Crippen LogP contribution < -0.4 is 5.32 Å². The molecule has 1 heterocycles. The zero-order valence-electron chi connectivity index (χ0n) is 49.2. The second-order valence-corrected chi connectivity index (χ2v) is 20.4. The summed E-state index contributed by atoms with van der Waals surface area (Å²) in [5.74, 6) is -1.30. The number of esters is 1. The molecule has 1 saturated heterocycles. The summed E-state index contributed by atoms with van der Waals surface area (Å²) >= 11 is 0. The van der Waals surface area contributed by atoms with Crippen LogP contribution in [0.5, 0.6) is 0 Å². The summed E-state index contributed by atoms with van der Waals surface area (Å²) in [7, 11) is 0. The number of carbonyl (C=O) groups excluding carboxylic acids is 2. The van der Waals surface area contributed by atoms with Crippen LogP contribution in [0.3, 0.4) is 0 Å². The van der Waals surface area contributed by atoms with Crippen molar-refractivity contribution < 1.29 is 49.3 Å². The molecule has 0 aromatic rings. The zero-order valence-corrected chi connectivity index (χ0v) is 49.2. The Bertz CT molecular complexity index is 1840. The predicted molar refractivity (Wildman–Crippen MR) is 328 cm³/mol. The lowest BCUT2D eigenvalue weighted by atomic mass is 9.99. The van der Waals surface area contributed by atoms with E-state index in [-0.39, 0.29) is 19.4 Å². The predicted octanol–water partition coefficient (Wildman–Crippen LogP) is 14.6. The Kier molecular flexibility index (Phi) is 49.7. The Balaban J connectivity index is 2.63. The third-order valence-corrected chi connectivity index (χ3v) is 13.4. The molecule has 79 heavy (non-hydrogen) atoms. The minimum atomic E-state index is -1.64. The van der Waals surface area contributed by atoms with Crippen molar-refractivity contribution in [3.63, 3.8) is 0 Å². The SMILES string of the molecule is CC/C=C\C/C=C\C/C=C\C/C=C\C/C=C\C/C=C\CCCCCCCCCCC(=O)OC1C(OCC(NC(=O)C(O)CC/C=C/C=C\C=C/C=C/C=C/CC)C(O)/C=C/CCCCCCCCCCC)OC(CO)C(O)C1O. The number of nitrogens with one attached hydrogen (secondary N) is 1. The van der Waals surface area contributed by atoms with E-state index in [0.717, 1.165) is 103 Å². The molecule has 0 saturated carbocycles. The van der Waals surface area contributed by atoms with Crippen molar-refractivity contribution in [1.82, 2.24) is 5.32 Å². The minimum absolute atomic E-state index is 0.0950. The van der Waals surface area contributed by atoms with E-state index in [9.17, 15) is 35.1 Å². The number of aliphatic hydroxyl groups is 5. The Labute approximate surface area is 479 Å². The van der Waals surface area contributed by atoms with Crippen LogP contribution in [0.1, 0.15) is 207 Å². The van der Waals surface area contributed by atoms with Crippen molar-refractivity contribution in [1.29, 1.82) is 0 Å². The molecule has 8 unspecified atom stereocenters. The van der Waals surface area contributed by atoms with Gasteiger partial charge in [0, 0.05) is 6.42 Å². The first-order valence-electron chi connectivity index (χ1n) is 30.7. The summed E-state index contributed by atoms with van der Waals surface area (Å²) in [6, 6.07) is -1.07. The van der Waals surface area contributed by atoms with Gasteiger partial charge in [-0.3, -0.25) is 9.59 Å². The smallest absolute Gasteiger partial charge is 0.306 e. The first kappa shape index (κ1) is 72.6. The average molecular weight is 1100 g/mol. The van der Waals surface area contributed by atoms with Crippen LogP contribution in [0.4, 0.5) is 0 Å². The maximum absolute atomic E-state index is 13.3. The van der Waals surface area contributed by atoms with Gasteiger partial charge in [-0.2, -0.15) is 0 Å². The van der Waals surface area contributed by atoms with E-state index < -0.39 is 67.4 Å². The van der Waals surface area contributed by atoms with Gasteiger partial charge in [0.1, 0.15) is 24.4 Å². The molecule has 11 heteroatoms. The van der Waals surface area contributed by atoms with Crippen LogP contribution in [-0.4, -0.2) is 99.6 Å². The molecule has 0 bridgehead atoms. The minimum Gasteiger partial charge on any atom is -0.454 e.